The number of esters is 1. The van der Waals surface area contributed by atoms with E-state index in [4.69, 9.17) is 19.2 Å². The number of aromatic nitrogens is 3. The number of carbonyl (C=O) groups excluding carboxylic acids is 2. The van der Waals surface area contributed by atoms with Crippen LogP contribution in [-0.2, 0) is 9.53 Å². The molecule has 0 radical (unpaired) electrons. The second-order valence-electron chi connectivity index (χ2n) is 8.44. The Labute approximate surface area is 209 Å². The normalized spacial score (nSPS) is 11.8. The van der Waals surface area contributed by atoms with Gasteiger partial charge in [0.1, 0.15) is 11.5 Å². The fourth-order valence-corrected chi connectivity index (χ4v) is 3.75. The maximum Gasteiger partial charge on any atom is 0.339 e. The van der Waals surface area contributed by atoms with Crippen LogP contribution in [0.25, 0.3) is 22.3 Å². The predicted molar refractivity (Wildman–Crippen MR) is 136 cm³/mol. The van der Waals surface area contributed by atoms with Gasteiger partial charge in [-0.2, -0.15) is 5.10 Å². The van der Waals surface area contributed by atoms with Gasteiger partial charge in [-0.3, -0.25) is 4.79 Å². The largest absolute Gasteiger partial charge is 0.497 e. The first-order chi connectivity index (χ1) is 17.3. The number of hydrogen-bond donors (Lipinski definition) is 1. The summed E-state index contributed by atoms with van der Waals surface area (Å²) in [7, 11) is 3.02. The van der Waals surface area contributed by atoms with Crippen molar-refractivity contribution >= 4 is 28.6 Å². The number of benzene rings is 2. The highest BCUT2D eigenvalue weighted by Gasteiger charge is 2.24. The highest BCUT2D eigenvalue weighted by Crippen LogP contribution is 2.30. The molecule has 1 unspecified atom stereocenters. The van der Waals surface area contributed by atoms with Crippen LogP contribution in [-0.4, -0.2) is 47.0 Å². The lowest BCUT2D eigenvalue weighted by molar-refractivity contribution is -0.123. The fourth-order valence-electron chi connectivity index (χ4n) is 3.75. The van der Waals surface area contributed by atoms with Gasteiger partial charge in [-0.1, -0.05) is 30.3 Å². The minimum Gasteiger partial charge on any atom is -0.497 e. The lowest BCUT2D eigenvalue weighted by atomic mass is 10.1. The van der Waals surface area contributed by atoms with Crippen molar-refractivity contribution < 1.29 is 23.8 Å². The van der Waals surface area contributed by atoms with E-state index in [0.29, 0.717) is 33.9 Å². The maximum atomic E-state index is 13.3. The molecule has 1 amide bonds. The Kier molecular flexibility index (Phi) is 7.19. The molecule has 0 bridgehead atoms. The molecule has 9 heteroatoms. The van der Waals surface area contributed by atoms with Crippen molar-refractivity contribution in [2.45, 2.75) is 32.9 Å². The van der Waals surface area contributed by atoms with Crippen LogP contribution in [0.1, 0.15) is 37.2 Å². The third-order valence-corrected chi connectivity index (χ3v) is 5.66. The van der Waals surface area contributed by atoms with Crippen LogP contribution in [0.15, 0.2) is 60.8 Å². The number of hydrogen-bond acceptors (Lipinski definition) is 7. The molecule has 4 rings (SSSR count). The smallest absolute Gasteiger partial charge is 0.339 e. The molecule has 2 heterocycles. The molecule has 1 atom stereocenters. The third kappa shape index (κ3) is 5.00. The third-order valence-electron chi connectivity index (χ3n) is 5.66. The lowest BCUT2D eigenvalue weighted by Gasteiger charge is -2.16. The Morgan fingerprint density at radius 2 is 1.72 bits per heavy atom. The summed E-state index contributed by atoms with van der Waals surface area (Å²) in [6, 6.07) is 16.3. The van der Waals surface area contributed by atoms with E-state index in [1.54, 1.807) is 35.1 Å². The van der Waals surface area contributed by atoms with Gasteiger partial charge in [0, 0.05) is 17.7 Å². The second-order valence-corrected chi connectivity index (χ2v) is 8.44. The molecule has 0 saturated heterocycles. The number of pyridine rings is 1. The van der Waals surface area contributed by atoms with E-state index in [1.807, 2.05) is 44.2 Å². The summed E-state index contributed by atoms with van der Waals surface area (Å²) in [6.45, 7) is 5.48. The molecular weight excluding hydrogens is 460 g/mol. The monoisotopic (exact) mass is 488 g/mol. The van der Waals surface area contributed by atoms with E-state index >= 15 is 0 Å². The second kappa shape index (κ2) is 10.5. The van der Waals surface area contributed by atoms with Gasteiger partial charge >= 0.3 is 5.97 Å². The minimum absolute atomic E-state index is 0.0347. The van der Waals surface area contributed by atoms with Crippen molar-refractivity contribution in [3.63, 3.8) is 0 Å². The van der Waals surface area contributed by atoms with Crippen molar-refractivity contribution in [3.05, 3.63) is 66.4 Å². The summed E-state index contributed by atoms with van der Waals surface area (Å²) in [6.07, 6.45) is 0.511. The summed E-state index contributed by atoms with van der Waals surface area (Å²) in [5.74, 6) is -0.165. The molecule has 0 spiro atoms. The summed E-state index contributed by atoms with van der Waals surface area (Å²) in [5, 5.41) is 7.71. The molecule has 1 N–H and O–H groups in total. The number of carbonyl (C=O) groups is 2. The first kappa shape index (κ1) is 24.7. The van der Waals surface area contributed by atoms with Crippen molar-refractivity contribution in [3.8, 4) is 22.8 Å². The Morgan fingerprint density at radius 1 is 0.972 bits per heavy atom. The number of fused-ring (bicyclic) bond motifs is 1. The molecule has 9 nitrogen and oxygen atoms in total. The van der Waals surface area contributed by atoms with Gasteiger partial charge in [-0.15, -0.1) is 0 Å². The van der Waals surface area contributed by atoms with Gasteiger partial charge in [0.15, 0.2) is 11.8 Å². The minimum atomic E-state index is -1.09. The zero-order chi connectivity index (χ0) is 25.8. The number of methoxy groups -OCH3 is 2. The van der Waals surface area contributed by atoms with Gasteiger partial charge in [-0.05, 0) is 39.0 Å². The molecule has 36 heavy (non-hydrogen) atoms. The quantitative estimate of drug-likeness (QED) is 0.353. The van der Waals surface area contributed by atoms with E-state index in [1.165, 1.54) is 21.1 Å². The van der Waals surface area contributed by atoms with Gasteiger partial charge in [0.05, 0.1) is 42.7 Å². The number of amides is 1. The first-order valence-corrected chi connectivity index (χ1v) is 11.5. The zero-order valence-corrected chi connectivity index (χ0v) is 20.8. The molecular formula is C27H28N4O5. The topological polar surface area (TPSA) is 105 Å². The average molecular weight is 489 g/mol. The van der Waals surface area contributed by atoms with Gasteiger partial charge in [0.25, 0.3) is 5.91 Å². The zero-order valence-electron chi connectivity index (χ0n) is 20.8. The van der Waals surface area contributed by atoms with Crippen molar-refractivity contribution in [2.24, 2.45) is 0 Å². The van der Waals surface area contributed by atoms with Crippen LogP contribution in [0, 0.1) is 0 Å². The van der Waals surface area contributed by atoms with Crippen LogP contribution in [0.2, 0.25) is 0 Å². The standard InChI is InChI=1S/C27H28N4O5/c1-16(2)31-25-21(15-28-31)20(14-22(29-25)18-9-7-6-8-10-18)27(33)36-17(3)26(32)30-23-13-19(34-4)11-12-24(23)35-5/h6-17H,1-5H3,(H,30,32). The summed E-state index contributed by atoms with van der Waals surface area (Å²) in [5.41, 5.74) is 2.71. The molecule has 0 aliphatic rings. The molecule has 2 aromatic heterocycles. The first-order valence-electron chi connectivity index (χ1n) is 11.5. The Balaban J connectivity index is 1.63. The van der Waals surface area contributed by atoms with Crippen LogP contribution in [0.3, 0.4) is 0 Å². The number of nitrogens with one attached hydrogen (secondary N) is 1. The lowest BCUT2D eigenvalue weighted by Crippen LogP contribution is -2.30. The number of ether oxygens (including phenoxy) is 3. The average Bonchev–Trinajstić information content (AvgIpc) is 3.33. The van der Waals surface area contributed by atoms with Crippen LogP contribution in [0.4, 0.5) is 5.69 Å². The van der Waals surface area contributed by atoms with Gasteiger partial charge < -0.3 is 19.5 Å². The Hall–Kier alpha value is -4.40. The molecule has 0 aliphatic heterocycles. The Morgan fingerprint density at radius 3 is 2.39 bits per heavy atom. The van der Waals surface area contributed by atoms with Crippen molar-refractivity contribution in [2.75, 3.05) is 19.5 Å². The van der Waals surface area contributed by atoms with E-state index in [2.05, 4.69) is 10.4 Å². The van der Waals surface area contributed by atoms with Crippen molar-refractivity contribution in [1.82, 2.24) is 14.8 Å². The molecule has 0 fully saturated rings. The van der Waals surface area contributed by atoms with Crippen molar-refractivity contribution in [1.29, 1.82) is 0 Å². The van der Waals surface area contributed by atoms with E-state index in [9.17, 15) is 9.59 Å². The van der Waals surface area contributed by atoms with Crippen LogP contribution < -0.4 is 14.8 Å². The summed E-state index contributed by atoms with van der Waals surface area (Å²) in [4.78, 5) is 30.9. The maximum absolute atomic E-state index is 13.3. The highest BCUT2D eigenvalue weighted by atomic mass is 16.5. The number of rotatable bonds is 8. The summed E-state index contributed by atoms with van der Waals surface area (Å²) >= 11 is 0. The van der Waals surface area contributed by atoms with Gasteiger partial charge in [0.2, 0.25) is 0 Å². The van der Waals surface area contributed by atoms with Gasteiger partial charge in [-0.25, -0.2) is 14.5 Å². The number of anilines is 1. The number of nitrogens with zero attached hydrogens (tertiary/aromatic N) is 3. The highest BCUT2D eigenvalue weighted by molar-refractivity contribution is 6.05. The molecule has 0 saturated carbocycles. The van der Waals surface area contributed by atoms with Crippen LogP contribution in [0.5, 0.6) is 11.5 Å². The predicted octanol–water partition coefficient (Wildman–Crippen LogP) is 4.88. The van der Waals surface area contributed by atoms with E-state index in [-0.39, 0.29) is 11.6 Å². The molecule has 4 aromatic rings. The Bertz CT molecular complexity index is 1400. The SMILES string of the molecule is COc1ccc(OC)c(NC(=O)C(C)OC(=O)c2cc(-c3ccccc3)nc3c2cnn3C(C)C)c1. The van der Waals surface area contributed by atoms with E-state index in [0.717, 1.165) is 5.56 Å². The van der Waals surface area contributed by atoms with Crippen LogP contribution >= 0.6 is 0 Å². The summed E-state index contributed by atoms with van der Waals surface area (Å²) < 4.78 is 17.9. The molecule has 0 aliphatic carbocycles. The molecule has 2 aromatic carbocycles. The fraction of sp³-hybridized carbons (Fsp3) is 0.259. The van der Waals surface area contributed by atoms with E-state index < -0.39 is 18.0 Å². The molecule has 186 valence electrons.